The lowest BCUT2D eigenvalue weighted by atomic mass is 9.94. The number of hydrogen-bond donors (Lipinski definition) is 1. The SMILES string of the molecule is CN(C1CCC1)S(=O)(=O)c1cc(N)cc2c1OCCC2. The Balaban J connectivity index is 2.06. The Kier molecular flexibility index (Phi) is 3.38. The molecule has 1 aromatic rings. The van der Waals surface area contributed by atoms with Crippen LogP contribution >= 0.6 is 0 Å². The van der Waals surface area contributed by atoms with Gasteiger partial charge in [0.2, 0.25) is 10.0 Å². The Morgan fingerprint density at radius 2 is 2.05 bits per heavy atom. The van der Waals surface area contributed by atoms with Crippen molar-refractivity contribution in [1.82, 2.24) is 4.31 Å². The van der Waals surface area contributed by atoms with Crippen molar-refractivity contribution in [3.63, 3.8) is 0 Å². The Morgan fingerprint density at radius 1 is 1.30 bits per heavy atom. The van der Waals surface area contributed by atoms with Gasteiger partial charge in [0.15, 0.2) is 0 Å². The molecule has 5 nitrogen and oxygen atoms in total. The summed E-state index contributed by atoms with van der Waals surface area (Å²) >= 11 is 0. The topological polar surface area (TPSA) is 72.6 Å². The summed E-state index contributed by atoms with van der Waals surface area (Å²) in [6.07, 6.45) is 4.67. The summed E-state index contributed by atoms with van der Waals surface area (Å²) in [6.45, 7) is 0.562. The second kappa shape index (κ2) is 4.93. The summed E-state index contributed by atoms with van der Waals surface area (Å²) in [5, 5.41) is 0. The molecule has 2 aliphatic rings. The van der Waals surface area contributed by atoms with E-state index in [0.717, 1.165) is 37.7 Å². The molecule has 0 amide bonds. The monoisotopic (exact) mass is 296 g/mol. The van der Waals surface area contributed by atoms with Crippen LogP contribution in [-0.2, 0) is 16.4 Å². The van der Waals surface area contributed by atoms with Gasteiger partial charge in [-0.25, -0.2) is 8.42 Å². The Hall–Kier alpha value is -1.27. The quantitative estimate of drug-likeness (QED) is 0.863. The first-order chi connectivity index (χ1) is 9.50. The Labute approximate surface area is 119 Å². The van der Waals surface area contributed by atoms with Crippen LogP contribution in [0.4, 0.5) is 5.69 Å². The van der Waals surface area contributed by atoms with Crippen LogP contribution in [0.1, 0.15) is 31.2 Å². The molecule has 0 aromatic heterocycles. The number of nitrogen functional groups attached to an aromatic ring is 1. The zero-order chi connectivity index (χ0) is 14.3. The predicted octanol–water partition coefficient (Wildman–Crippen LogP) is 1.77. The van der Waals surface area contributed by atoms with Gasteiger partial charge in [0.1, 0.15) is 10.6 Å². The van der Waals surface area contributed by atoms with Crippen LogP contribution < -0.4 is 10.5 Å². The van der Waals surface area contributed by atoms with E-state index in [9.17, 15) is 8.42 Å². The highest BCUT2D eigenvalue weighted by molar-refractivity contribution is 7.89. The van der Waals surface area contributed by atoms with Crippen LogP contribution in [0.15, 0.2) is 17.0 Å². The van der Waals surface area contributed by atoms with Gasteiger partial charge in [-0.2, -0.15) is 4.31 Å². The lowest BCUT2D eigenvalue weighted by Gasteiger charge is -2.34. The first kappa shape index (κ1) is 13.7. The van der Waals surface area contributed by atoms with Crippen molar-refractivity contribution in [2.45, 2.75) is 43.0 Å². The maximum atomic E-state index is 12.8. The van der Waals surface area contributed by atoms with Gasteiger partial charge >= 0.3 is 0 Å². The van der Waals surface area contributed by atoms with Crippen molar-refractivity contribution in [1.29, 1.82) is 0 Å². The highest BCUT2D eigenvalue weighted by Gasteiger charge is 2.35. The average molecular weight is 296 g/mol. The van der Waals surface area contributed by atoms with E-state index >= 15 is 0 Å². The molecule has 20 heavy (non-hydrogen) atoms. The molecule has 0 spiro atoms. The van der Waals surface area contributed by atoms with Crippen molar-refractivity contribution in [2.75, 3.05) is 19.4 Å². The molecule has 3 rings (SSSR count). The molecule has 1 fully saturated rings. The molecule has 1 heterocycles. The molecule has 6 heteroatoms. The van der Waals surface area contributed by atoms with Gasteiger partial charge in [0.05, 0.1) is 6.61 Å². The first-order valence-electron chi connectivity index (χ1n) is 7.03. The number of nitrogens with zero attached hydrogens (tertiary/aromatic N) is 1. The lowest BCUT2D eigenvalue weighted by Crippen LogP contribution is -2.41. The van der Waals surface area contributed by atoms with Gasteiger partial charge in [0, 0.05) is 18.8 Å². The molecule has 1 aliphatic carbocycles. The van der Waals surface area contributed by atoms with Gasteiger partial charge in [-0.05, 0) is 43.4 Å². The van der Waals surface area contributed by atoms with Gasteiger partial charge in [-0.15, -0.1) is 0 Å². The molecular weight excluding hydrogens is 276 g/mol. The number of sulfonamides is 1. The second-order valence-electron chi connectivity index (χ2n) is 5.57. The molecule has 0 saturated heterocycles. The maximum Gasteiger partial charge on any atom is 0.246 e. The van der Waals surface area contributed by atoms with E-state index in [1.807, 2.05) is 6.07 Å². The Morgan fingerprint density at radius 3 is 2.70 bits per heavy atom. The lowest BCUT2D eigenvalue weighted by molar-refractivity contribution is 0.246. The van der Waals surface area contributed by atoms with Crippen LogP contribution in [0, 0.1) is 0 Å². The van der Waals surface area contributed by atoms with E-state index in [2.05, 4.69) is 0 Å². The normalized spacial score (nSPS) is 19.3. The smallest absolute Gasteiger partial charge is 0.246 e. The van der Waals surface area contributed by atoms with Crippen molar-refractivity contribution in [3.8, 4) is 5.75 Å². The minimum absolute atomic E-state index is 0.112. The van der Waals surface area contributed by atoms with Gasteiger partial charge in [0.25, 0.3) is 0 Å². The largest absolute Gasteiger partial charge is 0.492 e. The van der Waals surface area contributed by atoms with Crippen LogP contribution in [0.3, 0.4) is 0 Å². The number of nitrogens with two attached hydrogens (primary N) is 1. The van der Waals surface area contributed by atoms with E-state index < -0.39 is 10.0 Å². The number of hydrogen-bond acceptors (Lipinski definition) is 4. The standard InChI is InChI=1S/C14H20N2O3S/c1-16(12-5-2-6-12)20(17,18)13-9-11(15)8-10-4-3-7-19-14(10)13/h8-9,12H,2-7,15H2,1H3. The number of fused-ring (bicyclic) bond motifs is 1. The summed E-state index contributed by atoms with van der Waals surface area (Å²) < 4.78 is 32.7. The molecule has 0 radical (unpaired) electrons. The molecule has 1 aromatic carbocycles. The number of ether oxygens (including phenoxy) is 1. The van der Waals surface area contributed by atoms with E-state index in [4.69, 9.17) is 10.5 Å². The van der Waals surface area contributed by atoms with E-state index in [1.54, 1.807) is 7.05 Å². The third kappa shape index (κ3) is 2.16. The van der Waals surface area contributed by atoms with Crippen LogP contribution in [0.5, 0.6) is 5.75 Å². The van der Waals surface area contributed by atoms with Crippen molar-refractivity contribution < 1.29 is 13.2 Å². The van der Waals surface area contributed by atoms with E-state index in [1.165, 1.54) is 10.4 Å². The summed E-state index contributed by atoms with van der Waals surface area (Å²) in [5.74, 6) is 0.497. The Bertz CT molecular complexity index is 624. The minimum atomic E-state index is -3.53. The van der Waals surface area contributed by atoms with Crippen LogP contribution in [-0.4, -0.2) is 32.4 Å². The second-order valence-corrected chi connectivity index (χ2v) is 7.53. The molecular formula is C14H20N2O3S. The third-order valence-corrected chi connectivity index (χ3v) is 6.15. The highest BCUT2D eigenvalue weighted by Crippen LogP contribution is 2.37. The summed E-state index contributed by atoms with van der Waals surface area (Å²) in [4.78, 5) is 0.224. The zero-order valence-electron chi connectivity index (χ0n) is 11.6. The number of aryl methyl sites for hydroxylation is 1. The van der Waals surface area contributed by atoms with Gasteiger partial charge in [-0.3, -0.25) is 0 Å². The molecule has 0 bridgehead atoms. The molecule has 110 valence electrons. The molecule has 0 unspecified atom stereocenters. The third-order valence-electron chi connectivity index (χ3n) is 4.24. The fraction of sp³-hybridized carbons (Fsp3) is 0.571. The van der Waals surface area contributed by atoms with Crippen molar-refractivity contribution in [3.05, 3.63) is 17.7 Å². The van der Waals surface area contributed by atoms with Gasteiger partial charge < -0.3 is 10.5 Å². The van der Waals surface area contributed by atoms with E-state index in [0.29, 0.717) is 18.0 Å². The van der Waals surface area contributed by atoms with E-state index in [-0.39, 0.29) is 10.9 Å². The summed E-state index contributed by atoms with van der Waals surface area (Å²) in [7, 11) is -1.88. The molecule has 1 saturated carbocycles. The van der Waals surface area contributed by atoms with Crippen molar-refractivity contribution >= 4 is 15.7 Å². The minimum Gasteiger partial charge on any atom is -0.492 e. The molecule has 1 aliphatic heterocycles. The van der Waals surface area contributed by atoms with Crippen LogP contribution in [0.25, 0.3) is 0 Å². The van der Waals surface area contributed by atoms with Gasteiger partial charge in [-0.1, -0.05) is 6.42 Å². The number of benzene rings is 1. The number of anilines is 1. The summed E-state index contributed by atoms with van der Waals surface area (Å²) in [5.41, 5.74) is 7.24. The van der Waals surface area contributed by atoms with Crippen LogP contribution in [0.2, 0.25) is 0 Å². The predicted molar refractivity (Wildman–Crippen MR) is 77.3 cm³/mol. The first-order valence-corrected chi connectivity index (χ1v) is 8.47. The fourth-order valence-electron chi connectivity index (χ4n) is 2.76. The summed E-state index contributed by atoms with van der Waals surface area (Å²) in [6, 6.07) is 3.45. The van der Waals surface area contributed by atoms with Crippen molar-refractivity contribution in [2.24, 2.45) is 0 Å². The molecule has 2 N–H and O–H groups in total. The maximum absolute atomic E-state index is 12.8. The average Bonchev–Trinajstić information content (AvgIpc) is 2.35. The molecule has 0 atom stereocenters. The highest BCUT2D eigenvalue weighted by atomic mass is 32.2. The number of rotatable bonds is 3. The fourth-order valence-corrected chi connectivity index (χ4v) is 4.39. The zero-order valence-corrected chi connectivity index (χ0v) is 12.4.